The van der Waals surface area contributed by atoms with E-state index in [1.54, 1.807) is 24.4 Å². The number of carbonyl (C=O) groups is 1. The van der Waals surface area contributed by atoms with Crippen molar-refractivity contribution in [2.45, 2.75) is 57.4 Å². The molecule has 0 amide bonds. The number of nitrogens with zero attached hydrogens (tertiary/aromatic N) is 1. The minimum absolute atomic E-state index is 0.104. The van der Waals surface area contributed by atoms with Gasteiger partial charge in [-0.15, -0.1) is 0 Å². The van der Waals surface area contributed by atoms with E-state index in [0.717, 1.165) is 31.4 Å². The van der Waals surface area contributed by atoms with E-state index in [-0.39, 0.29) is 35.7 Å². The Morgan fingerprint density at radius 2 is 2.00 bits per heavy atom. The highest BCUT2D eigenvalue weighted by molar-refractivity contribution is 5.75. The molecule has 2 heterocycles. The standard InChI is InChI=1S/C28H30F3NO3/c1-16-25-23(22-10-11-27(2,34)14-19(22)13-24(25)26(33)35-16)9-8-21-7-6-18(15-32-21)17-4-3-5-20(12-17)28(29,30)31/h3-9,12,15-16,19,22-25,34H,10-11,13-14H2,1-2H3/t16-,19?,22?,23?,24?,25?,27?/m1/s1. The van der Waals surface area contributed by atoms with Crippen LogP contribution in [0.15, 0.2) is 48.7 Å². The fourth-order valence-electron chi connectivity index (χ4n) is 6.61. The van der Waals surface area contributed by atoms with Gasteiger partial charge in [-0.3, -0.25) is 9.78 Å². The third kappa shape index (κ3) is 4.75. The van der Waals surface area contributed by atoms with Gasteiger partial charge in [0.2, 0.25) is 0 Å². The molecular weight excluding hydrogens is 455 g/mol. The Morgan fingerprint density at radius 1 is 1.20 bits per heavy atom. The number of hydrogen-bond donors (Lipinski definition) is 1. The second kappa shape index (κ2) is 8.77. The Bertz CT molecular complexity index is 1130. The van der Waals surface area contributed by atoms with Gasteiger partial charge in [0, 0.05) is 17.7 Å². The third-order valence-corrected chi connectivity index (χ3v) is 8.23. The van der Waals surface area contributed by atoms with Gasteiger partial charge >= 0.3 is 12.1 Å². The van der Waals surface area contributed by atoms with Gasteiger partial charge in [-0.1, -0.05) is 24.3 Å². The lowest BCUT2D eigenvalue weighted by Crippen LogP contribution is -2.47. The molecule has 35 heavy (non-hydrogen) atoms. The van der Waals surface area contributed by atoms with E-state index in [1.165, 1.54) is 6.07 Å². The summed E-state index contributed by atoms with van der Waals surface area (Å²) in [4.78, 5) is 17.0. The van der Waals surface area contributed by atoms with E-state index >= 15 is 0 Å². The van der Waals surface area contributed by atoms with Crippen LogP contribution in [0.4, 0.5) is 13.2 Å². The number of pyridine rings is 1. The molecule has 3 aliphatic rings. The summed E-state index contributed by atoms with van der Waals surface area (Å²) in [5.74, 6) is 0.602. The molecule has 6 unspecified atom stereocenters. The fourth-order valence-corrected chi connectivity index (χ4v) is 6.61. The second-order valence-corrected chi connectivity index (χ2v) is 10.7. The molecule has 7 atom stereocenters. The first-order chi connectivity index (χ1) is 16.5. The van der Waals surface area contributed by atoms with Crippen molar-refractivity contribution in [3.63, 3.8) is 0 Å². The number of aliphatic hydroxyl groups is 1. The number of rotatable bonds is 3. The molecular formula is C28H30F3NO3. The number of cyclic esters (lactones) is 1. The summed E-state index contributed by atoms with van der Waals surface area (Å²) in [6.45, 7) is 3.84. The van der Waals surface area contributed by atoms with Crippen LogP contribution in [0.2, 0.25) is 0 Å². The zero-order valence-corrected chi connectivity index (χ0v) is 19.8. The maximum absolute atomic E-state index is 13.1. The van der Waals surface area contributed by atoms with E-state index in [4.69, 9.17) is 4.74 Å². The molecule has 0 radical (unpaired) electrons. The molecule has 2 aliphatic carbocycles. The highest BCUT2D eigenvalue weighted by Gasteiger charge is 2.55. The van der Waals surface area contributed by atoms with Crippen molar-refractivity contribution in [3.05, 3.63) is 59.9 Å². The number of aromatic nitrogens is 1. The third-order valence-electron chi connectivity index (χ3n) is 8.23. The minimum Gasteiger partial charge on any atom is -0.462 e. The molecule has 4 nitrogen and oxygen atoms in total. The van der Waals surface area contributed by atoms with Gasteiger partial charge in [-0.2, -0.15) is 13.2 Å². The Hall–Kier alpha value is -2.67. The van der Waals surface area contributed by atoms with Gasteiger partial charge < -0.3 is 9.84 Å². The van der Waals surface area contributed by atoms with Gasteiger partial charge in [-0.25, -0.2) is 0 Å². The maximum atomic E-state index is 13.1. The Morgan fingerprint density at radius 3 is 2.71 bits per heavy atom. The molecule has 0 spiro atoms. The zero-order valence-electron chi connectivity index (χ0n) is 19.8. The van der Waals surface area contributed by atoms with Crippen LogP contribution in [0.1, 0.15) is 50.8 Å². The molecule has 7 heteroatoms. The summed E-state index contributed by atoms with van der Waals surface area (Å²) in [5.41, 5.74) is 0.404. The first kappa shape index (κ1) is 24.0. The average Bonchev–Trinajstić information content (AvgIpc) is 3.09. The molecule has 0 bridgehead atoms. The second-order valence-electron chi connectivity index (χ2n) is 10.7. The number of hydrogen-bond acceptors (Lipinski definition) is 4. The average molecular weight is 486 g/mol. The highest BCUT2D eigenvalue weighted by atomic mass is 19.4. The molecule has 1 aliphatic heterocycles. The quantitative estimate of drug-likeness (QED) is 0.530. The minimum atomic E-state index is -4.39. The number of benzene rings is 1. The summed E-state index contributed by atoms with van der Waals surface area (Å²) in [5, 5.41) is 10.6. The van der Waals surface area contributed by atoms with Gasteiger partial charge in [0.15, 0.2) is 0 Å². The summed E-state index contributed by atoms with van der Waals surface area (Å²) >= 11 is 0. The molecule has 186 valence electrons. The number of halogens is 3. The largest absolute Gasteiger partial charge is 0.462 e. The summed E-state index contributed by atoms with van der Waals surface area (Å²) in [7, 11) is 0. The zero-order chi connectivity index (χ0) is 25.0. The van der Waals surface area contributed by atoms with Crippen molar-refractivity contribution in [2.24, 2.45) is 29.6 Å². The van der Waals surface area contributed by atoms with Gasteiger partial charge in [0.05, 0.1) is 22.8 Å². The van der Waals surface area contributed by atoms with Crippen molar-refractivity contribution in [1.29, 1.82) is 0 Å². The molecule has 1 aromatic carbocycles. The number of ether oxygens (including phenoxy) is 1. The highest BCUT2D eigenvalue weighted by Crippen LogP contribution is 2.55. The van der Waals surface area contributed by atoms with Crippen molar-refractivity contribution in [1.82, 2.24) is 4.98 Å². The van der Waals surface area contributed by atoms with Crippen LogP contribution in [0.25, 0.3) is 17.2 Å². The van der Waals surface area contributed by atoms with Crippen LogP contribution >= 0.6 is 0 Å². The number of esters is 1. The van der Waals surface area contributed by atoms with Crippen molar-refractivity contribution in [2.75, 3.05) is 0 Å². The summed E-state index contributed by atoms with van der Waals surface area (Å²) < 4.78 is 44.8. The first-order valence-electron chi connectivity index (χ1n) is 12.3. The van der Waals surface area contributed by atoms with Crippen LogP contribution in [-0.4, -0.2) is 27.8 Å². The first-order valence-corrected chi connectivity index (χ1v) is 12.3. The monoisotopic (exact) mass is 485 g/mol. The predicted octanol–water partition coefficient (Wildman–Crippen LogP) is 6.15. The lowest BCUT2D eigenvalue weighted by molar-refractivity contribution is -0.145. The van der Waals surface area contributed by atoms with Crippen LogP contribution < -0.4 is 0 Å². The molecule has 5 rings (SSSR count). The maximum Gasteiger partial charge on any atom is 0.416 e. The van der Waals surface area contributed by atoms with Crippen molar-refractivity contribution < 1.29 is 27.8 Å². The molecule has 3 fully saturated rings. The fraction of sp³-hybridized carbons (Fsp3) is 0.500. The molecule has 1 aromatic heterocycles. The van der Waals surface area contributed by atoms with Crippen LogP contribution in [0.3, 0.4) is 0 Å². The van der Waals surface area contributed by atoms with Crippen molar-refractivity contribution >= 4 is 12.0 Å². The molecule has 1 saturated heterocycles. The number of fused-ring (bicyclic) bond motifs is 2. The number of alkyl halides is 3. The number of carbonyl (C=O) groups excluding carboxylic acids is 1. The molecule has 1 N–H and O–H groups in total. The Kier molecular flexibility index (Phi) is 6.02. The lowest BCUT2D eigenvalue weighted by atomic mass is 9.55. The van der Waals surface area contributed by atoms with E-state index < -0.39 is 17.3 Å². The topological polar surface area (TPSA) is 59.4 Å². The number of allylic oxidation sites excluding steroid dienone is 1. The lowest BCUT2D eigenvalue weighted by Gasteiger charge is -2.49. The Labute approximate surface area is 203 Å². The Balaban J connectivity index is 1.38. The van der Waals surface area contributed by atoms with Crippen molar-refractivity contribution in [3.8, 4) is 11.1 Å². The van der Waals surface area contributed by atoms with Crippen LogP contribution in [0, 0.1) is 29.6 Å². The smallest absolute Gasteiger partial charge is 0.416 e. The van der Waals surface area contributed by atoms with E-state index in [2.05, 4.69) is 11.1 Å². The van der Waals surface area contributed by atoms with Gasteiger partial charge in [0.1, 0.15) is 6.10 Å². The summed E-state index contributed by atoms with van der Waals surface area (Å²) in [6.07, 6.45) is 4.23. The molecule has 2 saturated carbocycles. The van der Waals surface area contributed by atoms with Gasteiger partial charge in [-0.05, 0) is 87.1 Å². The van der Waals surface area contributed by atoms with E-state index in [9.17, 15) is 23.1 Å². The molecule has 2 aromatic rings. The van der Waals surface area contributed by atoms with E-state index in [0.29, 0.717) is 29.2 Å². The van der Waals surface area contributed by atoms with Crippen LogP contribution in [-0.2, 0) is 15.7 Å². The summed E-state index contributed by atoms with van der Waals surface area (Å²) in [6, 6.07) is 8.80. The normalized spacial score (nSPS) is 35.0. The predicted molar refractivity (Wildman–Crippen MR) is 126 cm³/mol. The van der Waals surface area contributed by atoms with Crippen LogP contribution in [0.5, 0.6) is 0 Å². The SMILES string of the molecule is C[C@H]1OC(=O)C2CC3CC(C)(O)CCC3C(C=Cc3ccc(-c4cccc(C(F)(F)F)c4)cn3)C21. The van der Waals surface area contributed by atoms with Gasteiger partial charge in [0.25, 0.3) is 0 Å². The van der Waals surface area contributed by atoms with E-state index in [1.807, 2.05) is 19.9 Å².